The number of aliphatic carboxylic acids is 1. The fourth-order valence-electron chi connectivity index (χ4n) is 1.14. The van der Waals surface area contributed by atoms with Crippen LogP contribution in [0.1, 0.15) is 6.42 Å². The van der Waals surface area contributed by atoms with Crippen molar-refractivity contribution in [3.63, 3.8) is 0 Å². The van der Waals surface area contributed by atoms with Crippen LogP contribution in [0.5, 0.6) is 0 Å². The van der Waals surface area contributed by atoms with Crippen LogP contribution in [0.4, 0.5) is 13.2 Å². The highest BCUT2D eigenvalue weighted by atomic mass is 19.4. The fourth-order valence-corrected chi connectivity index (χ4v) is 1.14. The molecule has 1 unspecified atom stereocenters. The topological polar surface area (TPSA) is 66.6 Å². The first-order valence-electron chi connectivity index (χ1n) is 4.49. The molecule has 0 aromatic rings. The third-order valence-electron chi connectivity index (χ3n) is 1.87. The Balaban J connectivity index is 0.000000293. The van der Waals surface area contributed by atoms with E-state index in [-0.39, 0.29) is 0 Å². The molecule has 1 heterocycles. The standard InChI is InChI=1S/C7H12N2.C2HF3O2/c1-2-4-9-5-3-7(8)6-9;3-2(4,5)1(6)7/h1,7H,3-6,8H2;(H,6,7). The average Bonchev–Trinajstić information content (AvgIpc) is 2.51. The third-order valence-corrected chi connectivity index (χ3v) is 1.87. The lowest BCUT2D eigenvalue weighted by atomic mass is 10.3. The molecule has 0 aliphatic carbocycles. The van der Waals surface area contributed by atoms with Crippen LogP contribution in [0.2, 0.25) is 0 Å². The lowest BCUT2D eigenvalue weighted by Crippen LogP contribution is -2.26. The summed E-state index contributed by atoms with van der Waals surface area (Å²) in [6, 6.07) is 0.360. The molecule has 0 aromatic heterocycles. The van der Waals surface area contributed by atoms with Crippen molar-refractivity contribution in [3.8, 4) is 12.3 Å². The van der Waals surface area contributed by atoms with Crippen molar-refractivity contribution in [1.82, 2.24) is 4.90 Å². The van der Waals surface area contributed by atoms with Gasteiger partial charge in [0.2, 0.25) is 0 Å². The van der Waals surface area contributed by atoms with E-state index >= 15 is 0 Å². The fraction of sp³-hybridized carbons (Fsp3) is 0.667. The second-order valence-electron chi connectivity index (χ2n) is 3.29. The number of carbonyl (C=O) groups is 1. The van der Waals surface area contributed by atoms with Gasteiger partial charge in [-0.2, -0.15) is 13.2 Å². The van der Waals surface area contributed by atoms with Crippen LogP contribution in [0.25, 0.3) is 0 Å². The number of carboxylic acid groups (broad SMARTS) is 1. The SMILES string of the molecule is C#CCN1CCC(N)C1.O=C(O)C(F)(F)F. The van der Waals surface area contributed by atoms with Crippen LogP contribution >= 0.6 is 0 Å². The summed E-state index contributed by atoms with van der Waals surface area (Å²) in [5, 5.41) is 7.12. The van der Waals surface area contributed by atoms with E-state index in [1.54, 1.807) is 0 Å². The quantitative estimate of drug-likeness (QED) is 0.644. The Kier molecular flexibility index (Phi) is 5.85. The van der Waals surface area contributed by atoms with E-state index in [0.29, 0.717) is 6.04 Å². The van der Waals surface area contributed by atoms with E-state index in [9.17, 15) is 13.2 Å². The number of nitrogens with zero attached hydrogens (tertiary/aromatic N) is 1. The summed E-state index contributed by atoms with van der Waals surface area (Å²) < 4.78 is 31.7. The number of hydrogen-bond donors (Lipinski definition) is 2. The van der Waals surface area contributed by atoms with E-state index in [2.05, 4.69) is 10.8 Å². The van der Waals surface area contributed by atoms with Crippen LogP contribution in [0.3, 0.4) is 0 Å². The Morgan fingerprint density at radius 2 is 2.12 bits per heavy atom. The van der Waals surface area contributed by atoms with Gasteiger partial charge in [0, 0.05) is 19.1 Å². The molecule has 7 heteroatoms. The number of terminal acetylenes is 1. The van der Waals surface area contributed by atoms with Crippen LogP contribution in [0.15, 0.2) is 0 Å². The highest BCUT2D eigenvalue weighted by molar-refractivity contribution is 5.73. The van der Waals surface area contributed by atoms with Gasteiger partial charge in [0.15, 0.2) is 0 Å². The maximum absolute atomic E-state index is 10.6. The Morgan fingerprint density at radius 3 is 2.38 bits per heavy atom. The lowest BCUT2D eigenvalue weighted by Gasteiger charge is -2.09. The van der Waals surface area contributed by atoms with Crippen molar-refractivity contribution in [1.29, 1.82) is 0 Å². The number of hydrogen-bond acceptors (Lipinski definition) is 3. The zero-order valence-corrected chi connectivity index (χ0v) is 8.50. The molecule has 1 fully saturated rings. The summed E-state index contributed by atoms with van der Waals surface area (Å²) in [6.07, 6.45) is 1.14. The van der Waals surface area contributed by atoms with Gasteiger partial charge in [0.1, 0.15) is 0 Å². The average molecular weight is 238 g/mol. The molecule has 0 radical (unpaired) electrons. The summed E-state index contributed by atoms with van der Waals surface area (Å²) in [7, 11) is 0. The molecule has 1 rings (SSSR count). The first kappa shape index (κ1) is 14.7. The maximum Gasteiger partial charge on any atom is 0.490 e. The monoisotopic (exact) mass is 238 g/mol. The normalized spacial score (nSPS) is 20.8. The highest BCUT2D eigenvalue weighted by Gasteiger charge is 2.38. The van der Waals surface area contributed by atoms with Crippen LogP contribution in [0, 0.1) is 12.3 Å². The lowest BCUT2D eigenvalue weighted by molar-refractivity contribution is -0.192. The molecule has 1 aliphatic rings. The zero-order chi connectivity index (χ0) is 12.8. The van der Waals surface area contributed by atoms with E-state index in [0.717, 1.165) is 26.1 Å². The molecule has 1 atom stereocenters. The van der Waals surface area contributed by atoms with Gasteiger partial charge in [-0.1, -0.05) is 5.92 Å². The van der Waals surface area contributed by atoms with Crippen LogP contribution in [-0.4, -0.2) is 47.8 Å². The van der Waals surface area contributed by atoms with Crippen molar-refractivity contribution in [2.75, 3.05) is 19.6 Å². The summed E-state index contributed by atoms with van der Waals surface area (Å²) in [4.78, 5) is 11.1. The first-order chi connectivity index (χ1) is 7.27. The van der Waals surface area contributed by atoms with Crippen molar-refractivity contribution in [2.24, 2.45) is 5.73 Å². The number of nitrogens with two attached hydrogens (primary N) is 1. The molecule has 16 heavy (non-hydrogen) atoms. The number of carboxylic acids is 1. The van der Waals surface area contributed by atoms with Crippen molar-refractivity contribution in [3.05, 3.63) is 0 Å². The third kappa shape index (κ3) is 6.27. The molecular formula is C9H13F3N2O2. The van der Waals surface area contributed by atoms with Gasteiger partial charge in [0.05, 0.1) is 6.54 Å². The largest absolute Gasteiger partial charge is 0.490 e. The summed E-state index contributed by atoms with van der Waals surface area (Å²) >= 11 is 0. The molecule has 4 nitrogen and oxygen atoms in total. The molecule has 0 bridgehead atoms. The molecule has 1 aliphatic heterocycles. The molecular weight excluding hydrogens is 225 g/mol. The van der Waals surface area contributed by atoms with Crippen LogP contribution < -0.4 is 5.73 Å². The van der Waals surface area contributed by atoms with Gasteiger partial charge < -0.3 is 10.8 Å². The highest BCUT2D eigenvalue weighted by Crippen LogP contribution is 2.13. The van der Waals surface area contributed by atoms with E-state index in [1.165, 1.54) is 0 Å². The smallest absolute Gasteiger partial charge is 0.475 e. The van der Waals surface area contributed by atoms with Gasteiger partial charge in [0.25, 0.3) is 0 Å². The van der Waals surface area contributed by atoms with E-state index in [1.807, 2.05) is 0 Å². The van der Waals surface area contributed by atoms with Crippen molar-refractivity contribution < 1.29 is 23.1 Å². The number of halogens is 3. The molecule has 0 amide bonds. The summed E-state index contributed by atoms with van der Waals surface area (Å²) in [6.45, 7) is 2.81. The predicted octanol–water partition coefficient (Wildman–Crippen LogP) is 0.286. The Hall–Kier alpha value is -1.26. The Morgan fingerprint density at radius 1 is 1.62 bits per heavy atom. The van der Waals surface area contributed by atoms with Crippen molar-refractivity contribution in [2.45, 2.75) is 18.6 Å². The van der Waals surface area contributed by atoms with Crippen molar-refractivity contribution >= 4 is 5.97 Å². The van der Waals surface area contributed by atoms with Crippen LogP contribution in [-0.2, 0) is 4.79 Å². The minimum absolute atomic E-state index is 0.360. The van der Waals surface area contributed by atoms with Gasteiger partial charge >= 0.3 is 12.1 Å². The minimum atomic E-state index is -5.08. The Bertz CT molecular complexity index is 273. The summed E-state index contributed by atoms with van der Waals surface area (Å²) in [5.41, 5.74) is 5.65. The number of rotatable bonds is 1. The van der Waals surface area contributed by atoms with Gasteiger partial charge in [-0.25, -0.2) is 4.79 Å². The van der Waals surface area contributed by atoms with E-state index in [4.69, 9.17) is 22.1 Å². The maximum atomic E-state index is 10.6. The predicted molar refractivity (Wildman–Crippen MR) is 51.6 cm³/mol. The number of likely N-dealkylation sites (tertiary alicyclic amines) is 1. The second kappa shape index (κ2) is 6.35. The first-order valence-corrected chi connectivity index (χ1v) is 4.49. The molecule has 1 saturated heterocycles. The minimum Gasteiger partial charge on any atom is -0.475 e. The van der Waals surface area contributed by atoms with Gasteiger partial charge in [-0.15, -0.1) is 6.42 Å². The Labute approximate surface area is 91.2 Å². The van der Waals surface area contributed by atoms with E-state index < -0.39 is 12.1 Å². The molecule has 0 spiro atoms. The molecule has 3 N–H and O–H groups in total. The zero-order valence-electron chi connectivity index (χ0n) is 8.50. The van der Waals surface area contributed by atoms with Gasteiger partial charge in [-0.05, 0) is 6.42 Å². The number of alkyl halides is 3. The molecule has 0 aromatic carbocycles. The molecule has 92 valence electrons. The molecule has 0 saturated carbocycles. The van der Waals surface area contributed by atoms with Gasteiger partial charge in [-0.3, -0.25) is 4.90 Å². The summed E-state index contributed by atoms with van der Waals surface area (Å²) in [5.74, 6) is -0.156. The second-order valence-corrected chi connectivity index (χ2v) is 3.29.